The lowest BCUT2D eigenvalue weighted by molar-refractivity contribution is -0.131. The van der Waals surface area contributed by atoms with Crippen molar-refractivity contribution in [3.8, 4) is 0 Å². The summed E-state index contributed by atoms with van der Waals surface area (Å²) in [6.07, 6.45) is 2.08. The summed E-state index contributed by atoms with van der Waals surface area (Å²) in [6, 6.07) is 6.43. The lowest BCUT2D eigenvalue weighted by Gasteiger charge is -2.28. The molecule has 1 rings (SSSR count). The Labute approximate surface area is 126 Å². The fraction of sp³-hybridized carbons (Fsp3) is 0.533. The van der Waals surface area contributed by atoms with E-state index in [-0.39, 0.29) is 24.1 Å². The van der Waals surface area contributed by atoms with Crippen molar-refractivity contribution in [2.45, 2.75) is 33.1 Å². The lowest BCUT2D eigenvalue weighted by Crippen LogP contribution is -2.45. The maximum atomic E-state index is 13.0. The van der Waals surface area contributed by atoms with Gasteiger partial charge < -0.3 is 11.1 Å². The molecule has 3 nitrogen and oxygen atoms in total. The summed E-state index contributed by atoms with van der Waals surface area (Å²) >= 11 is 0. The third-order valence-corrected chi connectivity index (χ3v) is 3.81. The van der Waals surface area contributed by atoms with Gasteiger partial charge in [0.2, 0.25) is 5.91 Å². The number of hydrogen-bond donors (Lipinski definition) is 2. The summed E-state index contributed by atoms with van der Waals surface area (Å²) in [5.74, 6) is -0.251. The van der Waals surface area contributed by atoms with Crippen LogP contribution in [0, 0.1) is 11.2 Å². The van der Waals surface area contributed by atoms with Crippen LogP contribution in [0.25, 0.3) is 0 Å². The first-order valence-corrected chi connectivity index (χ1v) is 6.80. The maximum Gasteiger partial charge on any atom is 0.227 e. The third-order valence-electron chi connectivity index (χ3n) is 3.81. The number of carbonyl (C=O) groups excluding carboxylic acids is 1. The maximum absolute atomic E-state index is 13.0. The molecule has 0 aliphatic heterocycles. The molecule has 0 aliphatic carbocycles. The zero-order valence-corrected chi connectivity index (χ0v) is 12.9. The molecule has 0 saturated heterocycles. The van der Waals surface area contributed by atoms with Crippen molar-refractivity contribution in [2.24, 2.45) is 11.1 Å². The summed E-state index contributed by atoms with van der Waals surface area (Å²) in [4.78, 5) is 12.2. The van der Waals surface area contributed by atoms with Gasteiger partial charge >= 0.3 is 0 Å². The van der Waals surface area contributed by atoms with Crippen molar-refractivity contribution in [2.75, 3.05) is 13.1 Å². The minimum absolute atomic E-state index is 0. The second-order valence-electron chi connectivity index (χ2n) is 4.83. The van der Waals surface area contributed by atoms with Crippen molar-refractivity contribution in [1.29, 1.82) is 0 Å². The average molecular weight is 303 g/mol. The summed E-state index contributed by atoms with van der Waals surface area (Å²) in [5, 5.41) is 2.90. The second kappa shape index (κ2) is 8.93. The molecular weight excluding hydrogens is 279 g/mol. The molecule has 1 aromatic rings. The number of amides is 1. The van der Waals surface area contributed by atoms with E-state index < -0.39 is 5.41 Å². The Morgan fingerprint density at radius 3 is 2.50 bits per heavy atom. The number of rotatable bonds is 7. The van der Waals surface area contributed by atoms with Gasteiger partial charge in [0.1, 0.15) is 5.82 Å². The van der Waals surface area contributed by atoms with Crippen LogP contribution in [0.2, 0.25) is 0 Å². The number of carbonyl (C=O) groups is 1. The first kappa shape index (κ1) is 18.9. The highest BCUT2D eigenvalue weighted by Gasteiger charge is 2.32. The topological polar surface area (TPSA) is 55.1 Å². The Morgan fingerprint density at radius 1 is 1.35 bits per heavy atom. The van der Waals surface area contributed by atoms with Gasteiger partial charge in [0.15, 0.2) is 0 Å². The first-order valence-electron chi connectivity index (χ1n) is 6.80. The van der Waals surface area contributed by atoms with Crippen LogP contribution in [-0.2, 0) is 11.2 Å². The summed E-state index contributed by atoms with van der Waals surface area (Å²) in [6.45, 7) is 4.81. The molecule has 3 N–H and O–H groups in total. The molecule has 0 saturated carbocycles. The van der Waals surface area contributed by atoms with Crippen molar-refractivity contribution in [3.05, 3.63) is 35.6 Å². The molecule has 20 heavy (non-hydrogen) atoms. The first-order chi connectivity index (χ1) is 9.07. The van der Waals surface area contributed by atoms with Gasteiger partial charge in [0.05, 0.1) is 5.41 Å². The number of nitrogens with one attached hydrogen (secondary N) is 1. The Kier molecular flexibility index (Phi) is 8.42. The molecule has 0 fully saturated rings. The van der Waals surface area contributed by atoms with Crippen LogP contribution in [0.4, 0.5) is 4.39 Å². The van der Waals surface area contributed by atoms with Crippen LogP contribution in [0.15, 0.2) is 24.3 Å². The fourth-order valence-corrected chi connectivity index (χ4v) is 2.15. The van der Waals surface area contributed by atoms with E-state index >= 15 is 0 Å². The van der Waals surface area contributed by atoms with Gasteiger partial charge in [-0.05, 0) is 37.0 Å². The zero-order valence-electron chi connectivity index (χ0n) is 12.1. The van der Waals surface area contributed by atoms with Crippen LogP contribution >= 0.6 is 12.4 Å². The standard InChI is InChI=1S/C15H23FN2O.ClH/c1-3-15(4-2,11-17)14(19)18-9-8-12-6-5-7-13(16)10-12;/h5-7,10H,3-4,8-9,11,17H2,1-2H3,(H,18,19);1H. The molecule has 5 heteroatoms. The molecule has 0 aromatic heterocycles. The van der Waals surface area contributed by atoms with E-state index in [1.807, 2.05) is 19.9 Å². The Morgan fingerprint density at radius 2 is 2.00 bits per heavy atom. The summed E-state index contributed by atoms with van der Waals surface area (Å²) < 4.78 is 13.0. The van der Waals surface area contributed by atoms with E-state index in [0.717, 1.165) is 18.4 Å². The molecule has 0 unspecified atom stereocenters. The molecule has 0 heterocycles. The van der Waals surface area contributed by atoms with Gasteiger partial charge in [-0.2, -0.15) is 0 Å². The summed E-state index contributed by atoms with van der Waals surface area (Å²) in [5.41, 5.74) is 6.13. The van der Waals surface area contributed by atoms with Crippen LogP contribution in [0.1, 0.15) is 32.3 Å². The Balaban J connectivity index is 0.00000361. The van der Waals surface area contributed by atoms with E-state index in [9.17, 15) is 9.18 Å². The highest BCUT2D eigenvalue weighted by Crippen LogP contribution is 2.24. The normalized spacial score (nSPS) is 10.8. The predicted octanol–water partition coefficient (Wildman–Crippen LogP) is 2.67. The van der Waals surface area contributed by atoms with Crippen molar-refractivity contribution in [1.82, 2.24) is 5.32 Å². The third kappa shape index (κ3) is 4.76. The largest absolute Gasteiger partial charge is 0.355 e. The average Bonchev–Trinajstić information content (AvgIpc) is 2.41. The van der Waals surface area contributed by atoms with Crippen LogP contribution < -0.4 is 11.1 Å². The molecule has 1 amide bonds. The molecule has 114 valence electrons. The van der Waals surface area contributed by atoms with Gasteiger partial charge in [-0.1, -0.05) is 26.0 Å². The predicted molar refractivity (Wildman–Crippen MR) is 82.4 cm³/mol. The van der Waals surface area contributed by atoms with Gasteiger partial charge in [-0.15, -0.1) is 12.4 Å². The van der Waals surface area contributed by atoms with Gasteiger partial charge in [-0.3, -0.25) is 4.79 Å². The number of hydrogen-bond acceptors (Lipinski definition) is 2. The van der Waals surface area contributed by atoms with E-state index in [1.165, 1.54) is 12.1 Å². The van der Waals surface area contributed by atoms with Crippen molar-refractivity contribution in [3.63, 3.8) is 0 Å². The smallest absolute Gasteiger partial charge is 0.227 e. The monoisotopic (exact) mass is 302 g/mol. The number of nitrogens with two attached hydrogens (primary N) is 1. The fourth-order valence-electron chi connectivity index (χ4n) is 2.15. The van der Waals surface area contributed by atoms with E-state index in [0.29, 0.717) is 19.5 Å². The SMILES string of the molecule is CCC(CC)(CN)C(=O)NCCc1cccc(F)c1.Cl. The van der Waals surface area contributed by atoms with E-state index in [1.54, 1.807) is 6.07 Å². The van der Waals surface area contributed by atoms with Crippen LogP contribution in [0.5, 0.6) is 0 Å². The van der Waals surface area contributed by atoms with Crippen LogP contribution in [0.3, 0.4) is 0 Å². The molecule has 1 aromatic carbocycles. The molecule has 0 spiro atoms. The number of benzene rings is 1. The van der Waals surface area contributed by atoms with E-state index in [4.69, 9.17) is 5.73 Å². The minimum Gasteiger partial charge on any atom is -0.355 e. The van der Waals surface area contributed by atoms with Gasteiger partial charge in [0, 0.05) is 13.1 Å². The molecule has 0 radical (unpaired) electrons. The molecule has 0 atom stereocenters. The molecule has 0 bridgehead atoms. The quantitative estimate of drug-likeness (QED) is 0.813. The Hall–Kier alpha value is -1.13. The van der Waals surface area contributed by atoms with Crippen molar-refractivity contribution >= 4 is 18.3 Å². The van der Waals surface area contributed by atoms with Crippen LogP contribution in [-0.4, -0.2) is 19.0 Å². The highest BCUT2D eigenvalue weighted by atomic mass is 35.5. The Bertz CT molecular complexity index is 414. The number of halogens is 2. The highest BCUT2D eigenvalue weighted by molar-refractivity contribution is 5.85. The van der Waals surface area contributed by atoms with Gasteiger partial charge in [0.25, 0.3) is 0 Å². The second-order valence-corrected chi connectivity index (χ2v) is 4.83. The van der Waals surface area contributed by atoms with Crippen molar-refractivity contribution < 1.29 is 9.18 Å². The lowest BCUT2D eigenvalue weighted by atomic mass is 9.81. The molecular formula is C15H24ClFN2O. The molecule has 0 aliphatic rings. The summed E-state index contributed by atoms with van der Waals surface area (Å²) in [7, 11) is 0. The van der Waals surface area contributed by atoms with E-state index in [2.05, 4.69) is 5.32 Å². The van der Waals surface area contributed by atoms with Gasteiger partial charge in [-0.25, -0.2) is 4.39 Å². The zero-order chi connectivity index (χ0) is 14.3. The minimum atomic E-state index is -0.470.